The minimum atomic E-state index is 0.200. The number of fused-ring (bicyclic) bond motifs is 1. The zero-order valence-corrected chi connectivity index (χ0v) is 16.0. The van der Waals surface area contributed by atoms with Crippen molar-refractivity contribution < 1.29 is 4.74 Å². The zero-order chi connectivity index (χ0) is 17.2. The molecule has 1 N–H and O–H groups in total. The van der Waals surface area contributed by atoms with Gasteiger partial charge in [-0.15, -0.1) is 0 Å². The Morgan fingerprint density at radius 2 is 2.04 bits per heavy atom. The third-order valence-corrected chi connectivity index (χ3v) is 4.94. The zero-order valence-electron chi connectivity index (χ0n) is 16.0. The molecule has 0 saturated heterocycles. The predicted octanol–water partition coefficient (Wildman–Crippen LogP) is 4.70. The van der Waals surface area contributed by atoms with Crippen LogP contribution in [0.3, 0.4) is 0 Å². The lowest BCUT2D eigenvalue weighted by Gasteiger charge is -2.48. The molecule has 1 aromatic rings. The number of benzene rings is 1. The molecule has 2 rings (SSSR count). The van der Waals surface area contributed by atoms with Crippen molar-refractivity contribution in [1.82, 2.24) is 5.32 Å². The van der Waals surface area contributed by atoms with E-state index in [1.807, 2.05) is 0 Å². The summed E-state index contributed by atoms with van der Waals surface area (Å²) in [6.45, 7) is 15.7. The summed E-state index contributed by atoms with van der Waals surface area (Å²) in [4.78, 5) is 2.57. The van der Waals surface area contributed by atoms with Crippen molar-refractivity contribution in [2.75, 3.05) is 18.6 Å². The van der Waals surface area contributed by atoms with Crippen molar-refractivity contribution in [3.63, 3.8) is 0 Å². The molecule has 1 heterocycles. The molecule has 0 bridgehead atoms. The molecule has 23 heavy (non-hydrogen) atoms. The Labute approximate surface area is 142 Å². The van der Waals surface area contributed by atoms with Gasteiger partial charge in [0.05, 0.1) is 7.11 Å². The molecule has 1 aliphatic heterocycles. The Balaban J connectivity index is 2.46. The Kier molecular flexibility index (Phi) is 5.61. The number of anilines is 1. The molecule has 0 fully saturated rings. The lowest BCUT2D eigenvalue weighted by atomic mass is 9.79. The van der Waals surface area contributed by atoms with Gasteiger partial charge < -0.3 is 15.0 Å². The number of rotatable bonds is 6. The second-order valence-electron chi connectivity index (χ2n) is 7.83. The Morgan fingerprint density at radius 3 is 2.61 bits per heavy atom. The first-order valence-corrected chi connectivity index (χ1v) is 9.02. The molecule has 0 amide bonds. The van der Waals surface area contributed by atoms with Crippen LogP contribution in [0.5, 0.6) is 5.75 Å². The van der Waals surface area contributed by atoms with E-state index in [9.17, 15) is 0 Å². The summed E-state index contributed by atoms with van der Waals surface area (Å²) < 4.78 is 5.71. The highest BCUT2D eigenvalue weighted by molar-refractivity contribution is 5.64. The summed E-state index contributed by atoms with van der Waals surface area (Å²) in [5.41, 5.74) is 4.30. The van der Waals surface area contributed by atoms with Crippen LogP contribution in [0.2, 0.25) is 0 Å². The van der Waals surface area contributed by atoms with E-state index in [4.69, 9.17) is 4.74 Å². The van der Waals surface area contributed by atoms with Crippen LogP contribution in [0.4, 0.5) is 5.69 Å². The number of nitrogens with one attached hydrogen (secondary N) is 1. The summed E-state index contributed by atoms with van der Waals surface area (Å²) in [5, 5.41) is 3.52. The summed E-state index contributed by atoms with van der Waals surface area (Å²) in [6.07, 6.45) is 2.36. The molecule has 0 aliphatic carbocycles. The highest BCUT2D eigenvalue weighted by Crippen LogP contribution is 2.45. The van der Waals surface area contributed by atoms with E-state index in [0.717, 1.165) is 25.3 Å². The Hall–Kier alpha value is -1.22. The molecule has 0 saturated carbocycles. The van der Waals surface area contributed by atoms with Gasteiger partial charge in [0.2, 0.25) is 0 Å². The molecule has 0 aromatic heterocycles. The van der Waals surface area contributed by atoms with Gasteiger partial charge in [-0.05, 0) is 44.2 Å². The number of methoxy groups -OCH3 is 1. The highest BCUT2D eigenvalue weighted by atomic mass is 16.5. The molecule has 3 heteroatoms. The van der Waals surface area contributed by atoms with Crippen molar-refractivity contribution in [1.29, 1.82) is 0 Å². The van der Waals surface area contributed by atoms with Crippen molar-refractivity contribution in [2.24, 2.45) is 0 Å². The number of hydrogen-bond donors (Lipinski definition) is 1. The first-order valence-electron chi connectivity index (χ1n) is 9.02. The van der Waals surface area contributed by atoms with Crippen LogP contribution in [-0.2, 0) is 6.54 Å². The molecule has 0 unspecified atom stereocenters. The smallest absolute Gasteiger partial charge is 0.125 e. The molecule has 1 aliphatic rings. The van der Waals surface area contributed by atoms with Gasteiger partial charge in [-0.2, -0.15) is 0 Å². The maximum atomic E-state index is 5.71. The summed E-state index contributed by atoms with van der Waals surface area (Å²) in [5.74, 6) is 1.58. The standard InChI is InChI=1S/C20H34N2O/c1-8-9-22-18-11-19(23-7)16(13-21-14(2)3)10-17(18)15(4)12-20(22,5)6/h10-11,14-15,21H,8-9,12-13H2,1-7H3/t15-/m1/s1. The van der Waals surface area contributed by atoms with E-state index < -0.39 is 0 Å². The van der Waals surface area contributed by atoms with Gasteiger partial charge in [0.1, 0.15) is 5.75 Å². The number of ether oxygens (including phenoxy) is 1. The van der Waals surface area contributed by atoms with E-state index in [2.05, 4.69) is 63.9 Å². The summed E-state index contributed by atoms with van der Waals surface area (Å²) >= 11 is 0. The van der Waals surface area contributed by atoms with E-state index >= 15 is 0 Å². The summed E-state index contributed by atoms with van der Waals surface area (Å²) in [7, 11) is 1.78. The van der Waals surface area contributed by atoms with Gasteiger partial charge in [-0.3, -0.25) is 0 Å². The molecule has 0 radical (unpaired) electrons. The van der Waals surface area contributed by atoms with E-state index in [1.54, 1.807) is 7.11 Å². The van der Waals surface area contributed by atoms with E-state index in [-0.39, 0.29) is 5.54 Å². The highest BCUT2D eigenvalue weighted by Gasteiger charge is 2.36. The molecule has 1 aromatic carbocycles. The average molecular weight is 319 g/mol. The molecule has 130 valence electrons. The van der Waals surface area contributed by atoms with Crippen molar-refractivity contribution in [3.8, 4) is 5.75 Å². The van der Waals surface area contributed by atoms with Gasteiger partial charge in [-0.1, -0.05) is 27.7 Å². The van der Waals surface area contributed by atoms with Crippen LogP contribution in [-0.4, -0.2) is 25.2 Å². The second kappa shape index (κ2) is 7.12. The van der Waals surface area contributed by atoms with Gasteiger partial charge in [0.15, 0.2) is 0 Å². The SMILES string of the molecule is CCCN1c2cc(OC)c(CNC(C)C)cc2[C@H](C)CC1(C)C. The predicted molar refractivity (Wildman–Crippen MR) is 99.7 cm³/mol. The Morgan fingerprint density at radius 1 is 1.35 bits per heavy atom. The van der Waals surface area contributed by atoms with Crippen LogP contribution in [0.1, 0.15) is 71.4 Å². The minimum Gasteiger partial charge on any atom is -0.496 e. The fraction of sp³-hybridized carbons (Fsp3) is 0.700. The quantitative estimate of drug-likeness (QED) is 0.823. The van der Waals surface area contributed by atoms with Gasteiger partial charge in [0, 0.05) is 42.0 Å². The molecular weight excluding hydrogens is 284 g/mol. The third kappa shape index (κ3) is 3.82. The van der Waals surface area contributed by atoms with Crippen LogP contribution in [0, 0.1) is 0 Å². The molecular formula is C20H34N2O. The van der Waals surface area contributed by atoms with Crippen molar-refractivity contribution in [3.05, 3.63) is 23.3 Å². The molecule has 0 spiro atoms. The first-order chi connectivity index (χ1) is 10.8. The molecule has 1 atom stereocenters. The lowest BCUT2D eigenvalue weighted by molar-refractivity contribution is 0.371. The fourth-order valence-corrected chi connectivity index (χ4v) is 3.85. The second-order valence-corrected chi connectivity index (χ2v) is 7.83. The monoisotopic (exact) mass is 318 g/mol. The maximum Gasteiger partial charge on any atom is 0.125 e. The van der Waals surface area contributed by atoms with Crippen molar-refractivity contribution in [2.45, 2.75) is 78.4 Å². The van der Waals surface area contributed by atoms with Crippen LogP contribution >= 0.6 is 0 Å². The minimum absolute atomic E-state index is 0.200. The summed E-state index contributed by atoms with van der Waals surface area (Å²) in [6, 6.07) is 5.11. The third-order valence-electron chi connectivity index (χ3n) is 4.94. The topological polar surface area (TPSA) is 24.5 Å². The molecule has 3 nitrogen and oxygen atoms in total. The van der Waals surface area contributed by atoms with Gasteiger partial charge in [0.25, 0.3) is 0 Å². The van der Waals surface area contributed by atoms with E-state index in [1.165, 1.54) is 23.2 Å². The maximum absolute atomic E-state index is 5.71. The van der Waals surface area contributed by atoms with Crippen molar-refractivity contribution >= 4 is 5.69 Å². The average Bonchev–Trinajstić information content (AvgIpc) is 2.48. The van der Waals surface area contributed by atoms with Crippen LogP contribution < -0.4 is 15.0 Å². The number of nitrogens with zero attached hydrogens (tertiary/aromatic N) is 1. The first kappa shape index (κ1) is 18.1. The van der Waals surface area contributed by atoms with E-state index in [0.29, 0.717) is 12.0 Å². The van der Waals surface area contributed by atoms with Gasteiger partial charge in [-0.25, -0.2) is 0 Å². The van der Waals surface area contributed by atoms with Gasteiger partial charge >= 0.3 is 0 Å². The van der Waals surface area contributed by atoms with Crippen LogP contribution in [0.25, 0.3) is 0 Å². The fourth-order valence-electron chi connectivity index (χ4n) is 3.85. The normalized spacial score (nSPS) is 19.8. The lowest BCUT2D eigenvalue weighted by Crippen LogP contribution is -2.48. The Bertz CT molecular complexity index is 537. The van der Waals surface area contributed by atoms with Crippen LogP contribution in [0.15, 0.2) is 12.1 Å². The largest absolute Gasteiger partial charge is 0.496 e. The number of hydrogen-bond acceptors (Lipinski definition) is 3.